The lowest BCUT2D eigenvalue weighted by Gasteiger charge is -2.35. The molecule has 25 heavy (non-hydrogen) atoms. The van der Waals surface area contributed by atoms with E-state index in [1.807, 2.05) is 24.8 Å². The zero-order valence-corrected chi connectivity index (χ0v) is 14.2. The maximum absolute atomic E-state index is 13.3. The topological polar surface area (TPSA) is 38.2 Å². The van der Waals surface area contributed by atoms with E-state index >= 15 is 0 Å². The van der Waals surface area contributed by atoms with Crippen LogP contribution in [0.4, 0.5) is 19.0 Å². The molecule has 1 aromatic heterocycles. The number of benzene rings is 1. The fourth-order valence-corrected chi connectivity index (χ4v) is 3.04. The molecule has 1 aromatic carbocycles. The molecule has 2 aromatic rings. The van der Waals surface area contributed by atoms with Gasteiger partial charge in [0, 0.05) is 24.8 Å². The first-order chi connectivity index (χ1) is 11.9. The van der Waals surface area contributed by atoms with E-state index in [0.717, 1.165) is 24.0 Å². The molecule has 1 saturated heterocycles. The minimum absolute atomic E-state index is 0.168. The highest BCUT2D eigenvalue weighted by Crippen LogP contribution is 2.37. The highest BCUT2D eigenvalue weighted by atomic mass is 19.4. The quantitative estimate of drug-likeness (QED) is 0.839. The predicted molar refractivity (Wildman–Crippen MR) is 88.5 cm³/mol. The van der Waals surface area contributed by atoms with Crippen molar-refractivity contribution in [2.45, 2.75) is 32.5 Å². The maximum atomic E-state index is 13.3. The van der Waals surface area contributed by atoms with E-state index in [1.165, 1.54) is 12.1 Å². The number of halogens is 3. The fraction of sp³-hybridized carbons (Fsp3) is 0.444. The van der Waals surface area contributed by atoms with Crippen LogP contribution < -0.4 is 4.90 Å². The first-order valence-electron chi connectivity index (χ1n) is 8.25. The van der Waals surface area contributed by atoms with Gasteiger partial charge in [0.1, 0.15) is 17.7 Å². The molecule has 0 saturated carbocycles. The van der Waals surface area contributed by atoms with Gasteiger partial charge in [-0.2, -0.15) is 13.2 Å². The molecule has 0 amide bonds. The Morgan fingerprint density at radius 3 is 2.72 bits per heavy atom. The summed E-state index contributed by atoms with van der Waals surface area (Å²) in [7, 11) is 0. The summed E-state index contributed by atoms with van der Waals surface area (Å²) in [5.41, 5.74) is 0.442. The minimum Gasteiger partial charge on any atom is -0.370 e. The minimum atomic E-state index is -4.40. The van der Waals surface area contributed by atoms with Crippen LogP contribution in [-0.4, -0.2) is 29.7 Å². The van der Waals surface area contributed by atoms with Crippen molar-refractivity contribution in [2.24, 2.45) is 0 Å². The van der Waals surface area contributed by atoms with Crippen molar-refractivity contribution in [1.29, 1.82) is 0 Å². The summed E-state index contributed by atoms with van der Waals surface area (Å²) < 4.78 is 45.5. The molecule has 1 aliphatic heterocycles. The molecule has 1 aliphatic rings. The Hall–Kier alpha value is -2.15. The number of anilines is 1. The van der Waals surface area contributed by atoms with Crippen molar-refractivity contribution in [2.75, 3.05) is 24.6 Å². The van der Waals surface area contributed by atoms with Gasteiger partial charge < -0.3 is 9.64 Å². The number of hydrogen-bond acceptors (Lipinski definition) is 4. The van der Waals surface area contributed by atoms with Crippen molar-refractivity contribution in [3.63, 3.8) is 0 Å². The summed E-state index contributed by atoms with van der Waals surface area (Å²) in [6.07, 6.45) is -4.27. The molecule has 134 valence electrons. The van der Waals surface area contributed by atoms with E-state index in [4.69, 9.17) is 4.74 Å². The molecule has 2 heterocycles. The van der Waals surface area contributed by atoms with Crippen LogP contribution in [0.1, 0.15) is 35.7 Å². The van der Waals surface area contributed by atoms with Gasteiger partial charge in [-0.05, 0) is 25.0 Å². The number of nitrogens with zero attached hydrogens (tertiary/aromatic N) is 3. The predicted octanol–water partition coefficient (Wildman–Crippen LogP) is 3.94. The SMILES string of the molecule is CCc1cc(N2CCOC(c3ccccc3C(F)(F)F)C2)nc(C)n1. The van der Waals surface area contributed by atoms with Gasteiger partial charge in [0.15, 0.2) is 0 Å². The lowest BCUT2D eigenvalue weighted by molar-refractivity contribution is -0.139. The van der Waals surface area contributed by atoms with E-state index in [9.17, 15) is 13.2 Å². The van der Waals surface area contributed by atoms with Crippen molar-refractivity contribution in [1.82, 2.24) is 9.97 Å². The van der Waals surface area contributed by atoms with Crippen molar-refractivity contribution < 1.29 is 17.9 Å². The van der Waals surface area contributed by atoms with Crippen molar-refractivity contribution in [3.8, 4) is 0 Å². The van der Waals surface area contributed by atoms with Gasteiger partial charge in [0.2, 0.25) is 0 Å². The Morgan fingerprint density at radius 2 is 2.00 bits per heavy atom. The van der Waals surface area contributed by atoms with Crippen LogP contribution in [0, 0.1) is 6.92 Å². The lowest BCUT2D eigenvalue weighted by atomic mass is 10.0. The highest BCUT2D eigenvalue weighted by Gasteiger charge is 2.36. The van der Waals surface area contributed by atoms with Gasteiger partial charge in [-0.3, -0.25) is 0 Å². The molecular weight excluding hydrogens is 331 g/mol. The zero-order chi connectivity index (χ0) is 18.0. The molecule has 3 rings (SSSR count). The monoisotopic (exact) mass is 351 g/mol. The molecule has 0 N–H and O–H groups in total. The second-order valence-corrected chi connectivity index (χ2v) is 6.01. The Kier molecular flexibility index (Phi) is 4.94. The third-order valence-electron chi connectivity index (χ3n) is 4.24. The fourth-order valence-electron chi connectivity index (χ4n) is 3.04. The third kappa shape index (κ3) is 3.92. The lowest BCUT2D eigenvalue weighted by Crippen LogP contribution is -2.39. The number of morpholine rings is 1. The average molecular weight is 351 g/mol. The van der Waals surface area contributed by atoms with E-state index < -0.39 is 17.8 Å². The number of hydrogen-bond donors (Lipinski definition) is 0. The molecule has 0 spiro atoms. The van der Waals surface area contributed by atoms with Gasteiger partial charge in [0.25, 0.3) is 0 Å². The van der Waals surface area contributed by atoms with Crippen LogP contribution in [0.15, 0.2) is 30.3 Å². The molecule has 0 radical (unpaired) electrons. The first-order valence-corrected chi connectivity index (χ1v) is 8.25. The van der Waals surface area contributed by atoms with E-state index in [0.29, 0.717) is 25.5 Å². The van der Waals surface area contributed by atoms with Gasteiger partial charge >= 0.3 is 6.18 Å². The summed E-state index contributed by atoms with van der Waals surface area (Å²) >= 11 is 0. The number of rotatable bonds is 3. The Bertz CT molecular complexity index is 749. The van der Waals surface area contributed by atoms with Gasteiger partial charge in [-0.1, -0.05) is 25.1 Å². The summed E-state index contributed by atoms with van der Waals surface area (Å²) in [5, 5.41) is 0. The number of aryl methyl sites for hydroxylation is 2. The Balaban J connectivity index is 1.89. The molecule has 1 fully saturated rings. The van der Waals surface area contributed by atoms with E-state index in [2.05, 4.69) is 9.97 Å². The Labute approximate surface area is 144 Å². The van der Waals surface area contributed by atoms with Crippen molar-refractivity contribution in [3.05, 3.63) is 53.0 Å². The third-order valence-corrected chi connectivity index (χ3v) is 4.24. The van der Waals surface area contributed by atoms with Crippen LogP contribution in [0.5, 0.6) is 0 Å². The van der Waals surface area contributed by atoms with Crippen LogP contribution in [-0.2, 0) is 17.3 Å². The normalized spacial score (nSPS) is 18.4. The second-order valence-electron chi connectivity index (χ2n) is 6.01. The molecule has 0 aliphatic carbocycles. The summed E-state index contributed by atoms with van der Waals surface area (Å²) in [6.45, 7) is 5.09. The molecule has 7 heteroatoms. The van der Waals surface area contributed by atoms with Gasteiger partial charge in [0.05, 0.1) is 12.2 Å². The molecule has 0 bridgehead atoms. The van der Waals surface area contributed by atoms with Crippen LogP contribution in [0.25, 0.3) is 0 Å². The maximum Gasteiger partial charge on any atom is 0.416 e. The van der Waals surface area contributed by atoms with Crippen LogP contribution >= 0.6 is 0 Å². The number of aromatic nitrogens is 2. The van der Waals surface area contributed by atoms with Gasteiger partial charge in [-0.15, -0.1) is 0 Å². The molecule has 1 unspecified atom stereocenters. The second kappa shape index (κ2) is 7.00. The zero-order valence-electron chi connectivity index (χ0n) is 14.2. The van der Waals surface area contributed by atoms with Crippen molar-refractivity contribution >= 4 is 5.82 Å². The molecular formula is C18H20F3N3O. The summed E-state index contributed by atoms with van der Waals surface area (Å²) in [4.78, 5) is 10.8. The van der Waals surface area contributed by atoms with E-state index in [1.54, 1.807) is 6.07 Å². The standard InChI is InChI=1S/C18H20F3N3O/c1-3-13-10-17(23-12(2)22-13)24-8-9-25-16(11-24)14-6-4-5-7-15(14)18(19,20)21/h4-7,10,16H,3,8-9,11H2,1-2H3. The smallest absolute Gasteiger partial charge is 0.370 e. The van der Waals surface area contributed by atoms with Crippen LogP contribution in [0.2, 0.25) is 0 Å². The van der Waals surface area contributed by atoms with E-state index in [-0.39, 0.29) is 5.56 Å². The molecule has 1 atom stereocenters. The number of alkyl halides is 3. The summed E-state index contributed by atoms with van der Waals surface area (Å²) in [6, 6.07) is 7.48. The highest BCUT2D eigenvalue weighted by molar-refractivity contribution is 5.42. The van der Waals surface area contributed by atoms with Crippen LogP contribution in [0.3, 0.4) is 0 Å². The largest absolute Gasteiger partial charge is 0.416 e. The average Bonchev–Trinajstić information content (AvgIpc) is 2.60. The van der Waals surface area contributed by atoms with Gasteiger partial charge in [-0.25, -0.2) is 9.97 Å². The molecule has 4 nitrogen and oxygen atoms in total. The number of ether oxygens (including phenoxy) is 1. The Morgan fingerprint density at radius 1 is 1.24 bits per heavy atom. The summed E-state index contributed by atoms with van der Waals surface area (Å²) in [5.74, 6) is 1.40. The first kappa shape index (κ1) is 17.7.